The molecule has 0 radical (unpaired) electrons. The number of rotatable bonds is 7. The second-order valence-electron chi connectivity index (χ2n) is 5.54. The zero-order valence-corrected chi connectivity index (χ0v) is 11.6. The van der Waals surface area contributed by atoms with Gasteiger partial charge in [-0.1, -0.05) is 19.0 Å². The molecular formula is C13H22N4O2. The smallest absolute Gasteiger partial charge is 0.287 e. The van der Waals surface area contributed by atoms with Crippen molar-refractivity contribution in [2.45, 2.75) is 45.7 Å². The number of hydrazine groups is 1. The summed E-state index contributed by atoms with van der Waals surface area (Å²) in [5.41, 5.74) is 2.28. The highest BCUT2D eigenvalue weighted by Gasteiger charge is 2.29. The molecule has 1 aromatic rings. The van der Waals surface area contributed by atoms with Gasteiger partial charge in [0.05, 0.1) is 6.54 Å². The topological polar surface area (TPSA) is 84.4 Å². The minimum atomic E-state index is -0.421. The van der Waals surface area contributed by atoms with Crippen LogP contribution in [0.15, 0.2) is 10.6 Å². The van der Waals surface area contributed by atoms with E-state index < -0.39 is 5.91 Å². The Morgan fingerprint density at radius 2 is 2.37 bits per heavy atom. The molecule has 1 heterocycles. The van der Waals surface area contributed by atoms with Gasteiger partial charge in [-0.3, -0.25) is 15.1 Å². The largest absolute Gasteiger partial charge is 0.359 e. The molecule has 6 heteroatoms. The molecule has 1 aliphatic carbocycles. The minimum absolute atomic E-state index is 0.233. The van der Waals surface area contributed by atoms with Crippen LogP contribution in [-0.2, 0) is 6.54 Å². The fourth-order valence-corrected chi connectivity index (χ4v) is 2.02. The van der Waals surface area contributed by atoms with Gasteiger partial charge in [-0.25, -0.2) is 5.84 Å². The van der Waals surface area contributed by atoms with Crippen LogP contribution in [0.4, 0.5) is 0 Å². The van der Waals surface area contributed by atoms with E-state index in [9.17, 15) is 4.79 Å². The molecule has 0 bridgehead atoms. The van der Waals surface area contributed by atoms with Gasteiger partial charge in [-0.15, -0.1) is 0 Å². The summed E-state index contributed by atoms with van der Waals surface area (Å²) < 4.78 is 5.19. The summed E-state index contributed by atoms with van der Waals surface area (Å²) in [5, 5.41) is 3.72. The zero-order chi connectivity index (χ0) is 13.8. The van der Waals surface area contributed by atoms with Crippen molar-refractivity contribution in [3.05, 3.63) is 17.5 Å². The summed E-state index contributed by atoms with van der Waals surface area (Å²) >= 11 is 0. The fraction of sp³-hybridized carbons (Fsp3) is 0.692. The highest BCUT2D eigenvalue weighted by molar-refractivity contribution is 5.91. The van der Waals surface area contributed by atoms with Crippen molar-refractivity contribution in [3.8, 4) is 0 Å². The van der Waals surface area contributed by atoms with Crippen LogP contribution in [0, 0.1) is 5.92 Å². The molecule has 0 aliphatic heterocycles. The maximum Gasteiger partial charge on any atom is 0.287 e. The molecule has 1 saturated carbocycles. The van der Waals surface area contributed by atoms with E-state index in [2.05, 4.69) is 23.9 Å². The lowest BCUT2D eigenvalue weighted by molar-refractivity contribution is 0.0944. The quantitative estimate of drug-likeness (QED) is 0.441. The Balaban J connectivity index is 1.93. The molecule has 1 amide bonds. The third-order valence-electron chi connectivity index (χ3n) is 3.34. The summed E-state index contributed by atoms with van der Waals surface area (Å²) in [5.74, 6) is 6.05. The lowest BCUT2D eigenvalue weighted by atomic mass is 10.1. The highest BCUT2D eigenvalue weighted by Crippen LogP contribution is 2.29. The Labute approximate surface area is 113 Å². The van der Waals surface area contributed by atoms with Crippen LogP contribution < -0.4 is 11.3 Å². The van der Waals surface area contributed by atoms with Crippen LogP contribution in [0.5, 0.6) is 0 Å². The van der Waals surface area contributed by atoms with Gasteiger partial charge < -0.3 is 4.52 Å². The number of carbonyl (C=O) groups is 1. The van der Waals surface area contributed by atoms with E-state index >= 15 is 0 Å². The van der Waals surface area contributed by atoms with Crippen LogP contribution in [0.1, 0.15) is 49.4 Å². The van der Waals surface area contributed by atoms with Gasteiger partial charge in [0.1, 0.15) is 0 Å². The minimum Gasteiger partial charge on any atom is -0.359 e. The van der Waals surface area contributed by atoms with Gasteiger partial charge in [-0.05, 0) is 31.7 Å². The Bertz CT molecular complexity index is 426. The van der Waals surface area contributed by atoms with E-state index in [0.717, 1.165) is 6.54 Å². The van der Waals surface area contributed by atoms with Gasteiger partial charge >= 0.3 is 0 Å². The van der Waals surface area contributed by atoms with E-state index in [1.54, 1.807) is 6.07 Å². The first-order valence-corrected chi connectivity index (χ1v) is 6.80. The zero-order valence-electron chi connectivity index (χ0n) is 11.6. The molecule has 19 heavy (non-hydrogen) atoms. The third kappa shape index (κ3) is 4.04. The summed E-state index contributed by atoms with van der Waals surface area (Å²) in [4.78, 5) is 13.7. The van der Waals surface area contributed by atoms with E-state index in [4.69, 9.17) is 10.4 Å². The molecule has 0 atom stereocenters. The van der Waals surface area contributed by atoms with E-state index in [0.29, 0.717) is 24.3 Å². The molecule has 0 saturated heterocycles. The SMILES string of the molecule is CC(C)CCN(Cc1cc(C(=O)NN)no1)C1CC1. The van der Waals surface area contributed by atoms with Gasteiger partial charge in [0.15, 0.2) is 11.5 Å². The second-order valence-corrected chi connectivity index (χ2v) is 5.54. The van der Waals surface area contributed by atoms with Crippen molar-refractivity contribution in [2.24, 2.45) is 11.8 Å². The molecule has 0 aromatic carbocycles. The Morgan fingerprint density at radius 1 is 1.63 bits per heavy atom. The number of aromatic nitrogens is 1. The maximum absolute atomic E-state index is 11.3. The summed E-state index contributed by atoms with van der Waals surface area (Å²) in [6.07, 6.45) is 3.67. The first-order valence-electron chi connectivity index (χ1n) is 6.80. The average Bonchev–Trinajstić information content (AvgIpc) is 3.13. The monoisotopic (exact) mass is 266 g/mol. The van der Waals surface area contributed by atoms with E-state index in [1.165, 1.54) is 19.3 Å². The molecule has 3 N–H and O–H groups in total. The Hall–Kier alpha value is -1.40. The summed E-state index contributed by atoms with van der Waals surface area (Å²) in [6, 6.07) is 2.32. The van der Waals surface area contributed by atoms with Crippen LogP contribution in [0.2, 0.25) is 0 Å². The maximum atomic E-state index is 11.3. The van der Waals surface area contributed by atoms with E-state index in [1.807, 2.05) is 5.43 Å². The van der Waals surface area contributed by atoms with Crippen molar-refractivity contribution in [2.75, 3.05) is 6.54 Å². The fourth-order valence-electron chi connectivity index (χ4n) is 2.02. The van der Waals surface area contributed by atoms with Crippen LogP contribution >= 0.6 is 0 Å². The standard InChI is InChI=1S/C13H22N4O2/c1-9(2)5-6-17(10-3-4-10)8-11-7-12(16-19-11)13(18)15-14/h7,9-10H,3-6,8,14H2,1-2H3,(H,15,18). The summed E-state index contributed by atoms with van der Waals surface area (Å²) in [7, 11) is 0. The van der Waals surface area contributed by atoms with Crippen LogP contribution in [0.25, 0.3) is 0 Å². The molecule has 6 nitrogen and oxygen atoms in total. The average molecular weight is 266 g/mol. The number of carbonyl (C=O) groups excluding carboxylic acids is 1. The first kappa shape index (κ1) is 14.0. The third-order valence-corrected chi connectivity index (χ3v) is 3.34. The number of nitrogens with zero attached hydrogens (tertiary/aromatic N) is 2. The molecule has 1 aromatic heterocycles. The molecule has 1 aliphatic rings. The van der Waals surface area contributed by atoms with Crippen molar-refractivity contribution < 1.29 is 9.32 Å². The number of amides is 1. The molecule has 0 spiro atoms. The second kappa shape index (κ2) is 6.16. The lowest BCUT2D eigenvalue weighted by Gasteiger charge is -2.21. The predicted molar refractivity (Wildman–Crippen MR) is 71.0 cm³/mol. The number of nitrogens with one attached hydrogen (secondary N) is 1. The number of nitrogen functional groups attached to an aromatic ring is 1. The molecule has 106 valence electrons. The molecule has 2 rings (SSSR count). The van der Waals surface area contributed by atoms with Crippen LogP contribution in [-0.4, -0.2) is 28.6 Å². The summed E-state index contributed by atoms with van der Waals surface area (Å²) in [6.45, 7) is 6.22. The molecule has 0 unspecified atom stereocenters. The predicted octanol–water partition coefficient (Wildman–Crippen LogP) is 1.29. The van der Waals surface area contributed by atoms with E-state index in [-0.39, 0.29) is 5.69 Å². The highest BCUT2D eigenvalue weighted by atomic mass is 16.5. The Morgan fingerprint density at radius 3 is 2.95 bits per heavy atom. The number of hydrogen-bond acceptors (Lipinski definition) is 5. The van der Waals surface area contributed by atoms with Gasteiger partial charge in [0.25, 0.3) is 5.91 Å². The lowest BCUT2D eigenvalue weighted by Crippen LogP contribution is -2.30. The molecule has 1 fully saturated rings. The molecular weight excluding hydrogens is 244 g/mol. The van der Waals surface area contributed by atoms with Crippen molar-refractivity contribution in [3.63, 3.8) is 0 Å². The number of nitrogens with two attached hydrogens (primary N) is 1. The first-order chi connectivity index (χ1) is 9.10. The van der Waals surface area contributed by atoms with Gasteiger partial charge in [0.2, 0.25) is 0 Å². The van der Waals surface area contributed by atoms with Gasteiger partial charge in [0, 0.05) is 12.1 Å². The van der Waals surface area contributed by atoms with Crippen molar-refractivity contribution in [1.82, 2.24) is 15.5 Å². The van der Waals surface area contributed by atoms with Crippen molar-refractivity contribution >= 4 is 5.91 Å². The Kier molecular flexibility index (Phi) is 4.55. The van der Waals surface area contributed by atoms with Crippen molar-refractivity contribution in [1.29, 1.82) is 0 Å². The van der Waals surface area contributed by atoms with Crippen LogP contribution in [0.3, 0.4) is 0 Å². The number of hydrogen-bond donors (Lipinski definition) is 2. The van der Waals surface area contributed by atoms with Gasteiger partial charge in [-0.2, -0.15) is 0 Å². The normalized spacial score (nSPS) is 15.2.